The van der Waals surface area contributed by atoms with Crippen LogP contribution in [-0.2, 0) is 4.79 Å². The van der Waals surface area contributed by atoms with E-state index < -0.39 is 12.0 Å². The van der Waals surface area contributed by atoms with Gasteiger partial charge >= 0.3 is 5.97 Å². The first-order valence-corrected chi connectivity index (χ1v) is 4.44. The lowest BCUT2D eigenvalue weighted by Crippen LogP contribution is -2.30. The Morgan fingerprint density at radius 3 is 2.86 bits per heavy atom. The molecule has 0 aliphatic rings. The molecule has 0 bridgehead atoms. The van der Waals surface area contributed by atoms with E-state index in [0.717, 1.165) is 0 Å². The average Bonchev–Trinajstić information content (AvgIpc) is 2.09. The molecular weight excluding hydrogens is 184 g/mol. The molecule has 0 aromatic carbocycles. The van der Waals surface area contributed by atoms with Gasteiger partial charge in [-0.3, -0.25) is 9.79 Å². The molecule has 0 saturated carbocycles. The van der Waals surface area contributed by atoms with E-state index in [1.807, 2.05) is 14.1 Å². The first-order chi connectivity index (χ1) is 6.54. The fourth-order valence-corrected chi connectivity index (χ4v) is 0.747. The number of hydrogen-bond acceptors (Lipinski definition) is 4. The summed E-state index contributed by atoms with van der Waals surface area (Å²) in [6.45, 7) is 0.585. The van der Waals surface area contributed by atoms with Crippen molar-refractivity contribution >= 4 is 12.3 Å². The van der Waals surface area contributed by atoms with E-state index in [1.54, 1.807) is 11.3 Å². The summed E-state index contributed by atoms with van der Waals surface area (Å²) in [7, 11) is 3.71. The van der Waals surface area contributed by atoms with Crippen LogP contribution in [0.3, 0.4) is 0 Å². The first kappa shape index (κ1) is 12.9. The molecule has 0 rings (SSSR count). The second-order valence-electron chi connectivity index (χ2n) is 3.15. The van der Waals surface area contributed by atoms with Crippen molar-refractivity contribution in [3.63, 3.8) is 0 Å². The highest BCUT2D eigenvalue weighted by Crippen LogP contribution is 1.94. The number of hydrogen-bond donors (Lipinski definition) is 3. The average molecular weight is 202 g/mol. The number of carboxylic acids is 1. The molecule has 4 N–H and O–H groups in total. The van der Waals surface area contributed by atoms with Gasteiger partial charge in [0.2, 0.25) is 0 Å². The number of nitrogens with two attached hydrogens (primary N) is 1. The van der Waals surface area contributed by atoms with Crippen LogP contribution in [-0.4, -0.2) is 49.1 Å². The van der Waals surface area contributed by atoms with Gasteiger partial charge in [-0.15, -0.1) is 0 Å². The van der Waals surface area contributed by atoms with Crippen molar-refractivity contribution in [3.05, 3.63) is 0 Å². The molecule has 0 aromatic heterocycles. The van der Waals surface area contributed by atoms with E-state index in [-0.39, 0.29) is 0 Å². The third kappa shape index (κ3) is 7.51. The molecule has 14 heavy (non-hydrogen) atoms. The molecule has 82 valence electrons. The number of carbonyl (C=O) groups is 1. The van der Waals surface area contributed by atoms with Crippen molar-refractivity contribution in [2.24, 2.45) is 10.7 Å². The lowest BCUT2D eigenvalue weighted by atomic mass is 10.2. The summed E-state index contributed by atoms with van der Waals surface area (Å²) in [5.41, 5.74) is 8.15. The minimum absolute atomic E-state index is 0.453. The van der Waals surface area contributed by atoms with Gasteiger partial charge in [-0.05, 0) is 12.8 Å². The maximum atomic E-state index is 10.3. The van der Waals surface area contributed by atoms with E-state index in [0.29, 0.717) is 19.4 Å². The highest BCUT2D eigenvalue weighted by molar-refractivity contribution is 5.72. The standard InChI is InChI=1S/C8H18N4O2/c1-12(2)11-6-10-5-3-4-7(9)8(13)14/h6-7H,3-5,9H2,1-2H3,(H,10,11)(H,13,14)/t7-/m0/s1. The van der Waals surface area contributed by atoms with Crippen LogP contribution in [0.25, 0.3) is 0 Å². The monoisotopic (exact) mass is 202 g/mol. The van der Waals surface area contributed by atoms with Crippen molar-refractivity contribution in [1.29, 1.82) is 0 Å². The van der Waals surface area contributed by atoms with E-state index in [4.69, 9.17) is 10.8 Å². The van der Waals surface area contributed by atoms with Gasteiger partial charge in [-0.25, -0.2) is 5.01 Å². The van der Waals surface area contributed by atoms with Crippen LogP contribution >= 0.6 is 0 Å². The molecule has 0 saturated heterocycles. The number of carboxylic acid groups (broad SMARTS) is 1. The molecule has 0 aromatic rings. The molecule has 1 atom stereocenters. The smallest absolute Gasteiger partial charge is 0.320 e. The first-order valence-electron chi connectivity index (χ1n) is 4.44. The predicted octanol–water partition coefficient (Wildman–Crippen LogP) is -0.727. The third-order valence-corrected chi connectivity index (χ3v) is 1.53. The van der Waals surface area contributed by atoms with E-state index in [9.17, 15) is 4.79 Å². The van der Waals surface area contributed by atoms with Gasteiger partial charge in [0, 0.05) is 20.6 Å². The Morgan fingerprint density at radius 2 is 2.36 bits per heavy atom. The topological polar surface area (TPSA) is 91.0 Å². The SMILES string of the molecule is CN(C)NC=NCCC[C@H](N)C(=O)O. The summed E-state index contributed by atoms with van der Waals surface area (Å²) in [5.74, 6) is -0.958. The number of nitrogens with zero attached hydrogens (tertiary/aromatic N) is 2. The van der Waals surface area contributed by atoms with Crippen molar-refractivity contribution in [3.8, 4) is 0 Å². The number of nitrogens with one attached hydrogen (secondary N) is 1. The zero-order valence-corrected chi connectivity index (χ0v) is 8.60. The highest BCUT2D eigenvalue weighted by Gasteiger charge is 2.09. The zero-order chi connectivity index (χ0) is 11.0. The van der Waals surface area contributed by atoms with Crippen LogP contribution in [0.2, 0.25) is 0 Å². The molecule has 0 aliphatic heterocycles. The summed E-state index contributed by atoms with van der Waals surface area (Å²) >= 11 is 0. The zero-order valence-electron chi connectivity index (χ0n) is 8.60. The van der Waals surface area contributed by atoms with Crippen LogP contribution in [0.15, 0.2) is 4.99 Å². The van der Waals surface area contributed by atoms with Gasteiger partial charge in [-0.2, -0.15) is 0 Å². The summed E-state index contributed by atoms with van der Waals surface area (Å²) < 4.78 is 0. The Morgan fingerprint density at radius 1 is 1.71 bits per heavy atom. The van der Waals surface area contributed by atoms with Gasteiger partial charge in [0.15, 0.2) is 0 Å². The Labute approximate surface area is 83.8 Å². The number of aliphatic carboxylic acids is 1. The normalized spacial score (nSPS) is 13.4. The highest BCUT2D eigenvalue weighted by atomic mass is 16.4. The maximum absolute atomic E-state index is 10.3. The van der Waals surface area contributed by atoms with Crippen LogP contribution in [0.4, 0.5) is 0 Å². The largest absolute Gasteiger partial charge is 0.480 e. The lowest BCUT2D eigenvalue weighted by Gasteiger charge is -2.07. The fourth-order valence-electron chi connectivity index (χ4n) is 0.747. The Balaban J connectivity index is 3.37. The van der Waals surface area contributed by atoms with Crippen molar-refractivity contribution in [2.45, 2.75) is 18.9 Å². The third-order valence-electron chi connectivity index (χ3n) is 1.53. The Bertz CT molecular complexity index is 194. The predicted molar refractivity (Wildman–Crippen MR) is 55.0 cm³/mol. The summed E-state index contributed by atoms with van der Waals surface area (Å²) in [5, 5.41) is 10.2. The lowest BCUT2D eigenvalue weighted by molar-refractivity contribution is -0.138. The summed E-state index contributed by atoms with van der Waals surface area (Å²) in [4.78, 5) is 14.3. The molecule has 0 radical (unpaired) electrons. The van der Waals surface area contributed by atoms with Gasteiger partial charge in [-0.1, -0.05) is 0 Å². The number of hydrazine groups is 1. The Hall–Kier alpha value is -1.14. The van der Waals surface area contributed by atoms with E-state index >= 15 is 0 Å². The molecule has 0 unspecified atom stereocenters. The molecule has 0 spiro atoms. The Kier molecular flexibility index (Phi) is 6.69. The summed E-state index contributed by atoms with van der Waals surface area (Å²) in [6.07, 6.45) is 2.71. The van der Waals surface area contributed by atoms with Crippen molar-refractivity contribution in [2.75, 3.05) is 20.6 Å². The fraction of sp³-hybridized carbons (Fsp3) is 0.750. The van der Waals surface area contributed by atoms with Crippen LogP contribution in [0.5, 0.6) is 0 Å². The molecule has 0 fully saturated rings. The molecular formula is C8H18N4O2. The van der Waals surface area contributed by atoms with Gasteiger partial charge in [0.05, 0.1) is 6.34 Å². The molecule has 0 amide bonds. The van der Waals surface area contributed by atoms with Crippen LogP contribution in [0.1, 0.15) is 12.8 Å². The minimum atomic E-state index is -0.958. The quantitative estimate of drug-likeness (QED) is 0.219. The second-order valence-corrected chi connectivity index (χ2v) is 3.15. The van der Waals surface area contributed by atoms with E-state index in [2.05, 4.69) is 10.4 Å². The van der Waals surface area contributed by atoms with Crippen molar-refractivity contribution in [1.82, 2.24) is 10.4 Å². The second kappa shape index (κ2) is 7.28. The number of rotatable bonds is 7. The maximum Gasteiger partial charge on any atom is 0.320 e. The van der Waals surface area contributed by atoms with Gasteiger partial charge < -0.3 is 16.3 Å². The van der Waals surface area contributed by atoms with Crippen LogP contribution in [0, 0.1) is 0 Å². The number of aliphatic imine (C=N–C) groups is 1. The molecule has 0 heterocycles. The van der Waals surface area contributed by atoms with E-state index in [1.165, 1.54) is 0 Å². The van der Waals surface area contributed by atoms with Crippen molar-refractivity contribution < 1.29 is 9.90 Å². The van der Waals surface area contributed by atoms with Gasteiger partial charge in [0.25, 0.3) is 0 Å². The molecule has 6 nitrogen and oxygen atoms in total. The summed E-state index contributed by atoms with van der Waals surface area (Å²) in [6, 6.07) is -0.771. The molecule has 6 heteroatoms. The molecule has 0 aliphatic carbocycles. The van der Waals surface area contributed by atoms with Gasteiger partial charge in [0.1, 0.15) is 6.04 Å². The van der Waals surface area contributed by atoms with Crippen LogP contribution < -0.4 is 11.2 Å². The minimum Gasteiger partial charge on any atom is -0.480 e.